The Morgan fingerprint density at radius 1 is 1.20 bits per heavy atom. The van der Waals surface area contributed by atoms with Crippen LogP contribution in [0.4, 0.5) is 9.52 Å². The van der Waals surface area contributed by atoms with E-state index in [9.17, 15) is 9.18 Å². The number of carbonyl (C=O) groups excluding carboxylic acids is 1. The van der Waals surface area contributed by atoms with Crippen molar-refractivity contribution in [1.82, 2.24) is 4.98 Å². The highest BCUT2D eigenvalue weighted by Gasteiger charge is 2.21. The molecule has 0 fully saturated rings. The first kappa shape index (κ1) is 17.5. The Bertz CT molecular complexity index is 863. The summed E-state index contributed by atoms with van der Waals surface area (Å²) in [5.41, 5.74) is 1.34. The van der Waals surface area contributed by atoms with Gasteiger partial charge in [-0.05, 0) is 30.3 Å². The number of halogens is 1. The summed E-state index contributed by atoms with van der Waals surface area (Å²) >= 11 is 1.35. The summed E-state index contributed by atoms with van der Waals surface area (Å²) in [6.07, 6.45) is 0.866. The van der Waals surface area contributed by atoms with Crippen molar-refractivity contribution in [2.45, 2.75) is 6.42 Å². The number of thiazole rings is 1. The van der Waals surface area contributed by atoms with Gasteiger partial charge in [0.15, 0.2) is 5.13 Å². The molecule has 3 aromatic rings. The van der Waals surface area contributed by atoms with Crippen LogP contribution >= 0.6 is 11.3 Å². The molecule has 3 rings (SSSR count). The SMILES string of the molecule is C[NH+](C)CCCN(C(=O)c1ccccc1)c1nc2ccc(F)cc2s1. The van der Waals surface area contributed by atoms with Gasteiger partial charge in [0.2, 0.25) is 0 Å². The van der Waals surface area contributed by atoms with Gasteiger partial charge in [0.05, 0.1) is 30.9 Å². The summed E-state index contributed by atoms with van der Waals surface area (Å²) in [6.45, 7) is 1.54. The minimum absolute atomic E-state index is 0.0751. The van der Waals surface area contributed by atoms with Crippen LogP contribution in [0.1, 0.15) is 16.8 Å². The van der Waals surface area contributed by atoms with Gasteiger partial charge in [-0.1, -0.05) is 29.5 Å². The minimum atomic E-state index is -0.292. The summed E-state index contributed by atoms with van der Waals surface area (Å²) in [5, 5.41) is 0.614. The number of rotatable bonds is 6. The lowest BCUT2D eigenvalue weighted by Gasteiger charge is -2.20. The Kier molecular flexibility index (Phi) is 5.40. The molecule has 1 heterocycles. The number of amides is 1. The largest absolute Gasteiger partial charge is 0.340 e. The third-order valence-corrected chi connectivity index (χ3v) is 4.94. The summed E-state index contributed by atoms with van der Waals surface area (Å²) < 4.78 is 14.2. The van der Waals surface area contributed by atoms with E-state index in [4.69, 9.17) is 0 Å². The smallest absolute Gasteiger partial charge is 0.260 e. The van der Waals surface area contributed by atoms with E-state index in [-0.39, 0.29) is 11.7 Å². The van der Waals surface area contributed by atoms with E-state index in [1.807, 2.05) is 18.2 Å². The normalized spacial score (nSPS) is 11.2. The predicted octanol–water partition coefficient (Wildman–Crippen LogP) is 2.62. The van der Waals surface area contributed by atoms with Gasteiger partial charge in [0.1, 0.15) is 5.82 Å². The second-order valence-electron chi connectivity index (χ2n) is 6.24. The molecule has 1 amide bonds. The van der Waals surface area contributed by atoms with E-state index in [2.05, 4.69) is 19.1 Å². The maximum atomic E-state index is 13.5. The predicted molar refractivity (Wildman–Crippen MR) is 100.0 cm³/mol. The molecule has 6 heteroatoms. The van der Waals surface area contributed by atoms with Crippen LogP contribution in [-0.2, 0) is 0 Å². The van der Waals surface area contributed by atoms with Crippen molar-refractivity contribution in [2.24, 2.45) is 0 Å². The van der Waals surface area contributed by atoms with Gasteiger partial charge in [-0.2, -0.15) is 0 Å². The zero-order valence-electron chi connectivity index (χ0n) is 14.3. The summed E-state index contributed by atoms with van der Waals surface area (Å²) in [4.78, 5) is 20.6. The van der Waals surface area contributed by atoms with Crippen molar-refractivity contribution in [3.63, 3.8) is 0 Å². The molecule has 0 saturated carbocycles. The first-order valence-electron chi connectivity index (χ1n) is 8.26. The van der Waals surface area contributed by atoms with E-state index in [0.29, 0.717) is 22.8 Å². The van der Waals surface area contributed by atoms with Crippen molar-refractivity contribution < 1.29 is 14.1 Å². The second-order valence-corrected chi connectivity index (χ2v) is 7.25. The van der Waals surface area contributed by atoms with Gasteiger partial charge in [-0.15, -0.1) is 0 Å². The molecule has 0 atom stereocenters. The quantitative estimate of drug-likeness (QED) is 0.736. The average molecular weight is 358 g/mol. The Balaban J connectivity index is 1.92. The monoisotopic (exact) mass is 358 g/mol. The molecule has 0 saturated heterocycles. The molecule has 4 nitrogen and oxygen atoms in total. The lowest BCUT2D eigenvalue weighted by molar-refractivity contribution is -0.858. The summed E-state index contributed by atoms with van der Waals surface area (Å²) in [6, 6.07) is 13.7. The molecule has 0 aliphatic carbocycles. The van der Waals surface area contributed by atoms with Gasteiger partial charge in [0, 0.05) is 18.5 Å². The maximum Gasteiger partial charge on any atom is 0.260 e. The fraction of sp³-hybridized carbons (Fsp3) is 0.263. The lowest BCUT2D eigenvalue weighted by Crippen LogP contribution is -3.05. The number of anilines is 1. The third-order valence-electron chi connectivity index (χ3n) is 3.89. The number of aromatic nitrogens is 1. The highest BCUT2D eigenvalue weighted by Crippen LogP contribution is 2.30. The van der Waals surface area contributed by atoms with E-state index in [1.165, 1.54) is 28.4 Å². The van der Waals surface area contributed by atoms with Crippen molar-refractivity contribution in [1.29, 1.82) is 0 Å². The molecule has 0 bridgehead atoms. The van der Waals surface area contributed by atoms with Crippen LogP contribution in [0.5, 0.6) is 0 Å². The lowest BCUT2D eigenvalue weighted by atomic mass is 10.2. The molecule has 0 spiro atoms. The first-order valence-corrected chi connectivity index (χ1v) is 9.08. The van der Waals surface area contributed by atoms with E-state index < -0.39 is 0 Å². The van der Waals surface area contributed by atoms with E-state index in [0.717, 1.165) is 17.7 Å². The van der Waals surface area contributed by atoms with Gasteiger partial charge in [-0.3, -0.25) is 9.69 Å². The Labute approximate surface area is 150 Å². The molecule has 130 valence electrons. The Hall–Kier alpha value is -2.31. The van der Waals surface area contributed by atoms with E-state index in [1.54, 1.807) is 23.1 Å². The topological polar surface area (TPSA) is 37.6 Å². The van der Waals surface area contributed by atoms with Crippen LogP contribution in [0, 0.1) is 5.82 Å². The number of benzene rings is 2. The molecule has 0 unspecified atom stereocenters. The van der Waals surface area contributed by atoms with Crippen molar-refractivity contribution in [3.05, 3.63) is 59.9 Å². The zero-order valence-corrected chi connectivity index (χ0v) is 15.1. The molecule has 0 radical (unpaired) electrons. The van der Waals surface area contributed by atoms with Crippen molar-refractivity contribution in [2.75, 3.05) is 32.1 Å². The van der Waals surface area contributed by atoms with Crippen LogP contribution in [-0.4, -0.2) is 38.1 Å². The molecular formula is C19H21FN3OS+. The number of quaternary nitrogens is 1. The van der Waals surface area contributed by atoms with Crippen molar-refractivity contribution >= 4 is 32.6 Å². The Morgan fingerprint density at radius 2 is 1.96 bits per heavy atom. The molecule has 25 heavy (non-hydrogen) atoms. The fourth-order valence-electron chi connectivity index (χ4n) is 2.61. The number of nitrogens with one attached hydrogen (secondary N) is 1. The number of carbonyl (C=O) groups is 1. The average Bonchev–Trinajstić information content (AvgIpc) is 3.01. The minimum Gasteiger partial charge on any atom is -0.340 e. The first-order chi connectivity index (χ1) is 12.0. The van der Waals surface area contributed by atoms with Gasteiger partial charge in [-0.25, -0.2) is 9.37 Å². The van der Waals surface area contributed by atoms with Gasteiger partial charge >= 0.3 is 0 Å². The van der Waals surface area contributed by atoms with Crippen LogP contribution in [0.2, 0.25) is 0 Å². The summed E-state index contributed by atoms with van der Waals surface area (Å²) in [5.74, 6) is -0.367. The molecule has 2 aromatic carbocycles. The molecule has 0 aliphatic rings. The molecule has 0 aliphatic heterocycles. The van der Waals surface area contributed by atoms with E-state index >= 15 is 0 Å². The number of fused-ring (bicyclic) bond motifs is 1. The standard InChI is InChI=1S/C19H20FN3OS/c1-22(2)11-6-12-23(18(24)14-7-4-3-5-8-14)19-21-16-10-9-15(20)13-17(16)25-19/h3-5,7-10,13H,6,11-12H2,1-2H3/p+1. The number of hydrogen-bond acceptors (Lipinski definition) is 3. The van der Waals surface area contributed by atoms with Crippen LogP contribution in [0.15, 0.2) is 48.5 Å². The van der Waals surface area contributed by atoms with Crippen molar-refractivity contribution in [3.8, 4) is 0 Å². The highest BCUT2D eigenvalue weighted by molar-refractivity contribution is 7.22. The fourth-order valence-corrected chi connectivity index (χ4v) is 3.63. The summed E-state index contributed by atoms with van der Waals surface area (Å²) in [7, 11) is 4.17. The second kappa shape index (κ2) is 7.72. The molecule has 1 N–H and O–H groups in total. The number of nitrogens with zero attached hydrogens (tertiary/aromatic N) is 2. The van der Waals surface area contributed by atoms with Crippen LogP contribution < -0.4 is 9.80 Å². The zero-order chi connectivity index (χ0) is 17.8. The maximum absolute atomic E-state index is 13.5. The number of hydrogen-bond donors (Lipinski definition) is 1. The Morgan fingerprint density at radius 3 is 2.68 bits per heavy atom. The third kappa shape index (κ3) is 4.21. The molecular weight excluding hydrogens is 337 g/mol. The van der Waals surface area contributed by atoms with Gasteiger partial charge < -0.3 is 4.90 Å². The van der Waals surface area contributed by atoms with Crippen LogP contribution in [0.25, 0.3) is 10.2 Å². The highest BCUT2D eigenvalue weighted by atomic mass is 32.1. The molecule has 1 aromatic heterocycles. The van der Waals surface area contributed by atoms with Crippen LogP contribution in [0.3, 0.4) is 0 Å². The van der Waals surface area contributed by atoms with Gasteiger partial charge in [0.25, 0.3) is 5.91 Å².